The Kier molecular flexibility index (Phi) is 5.31. The Balaban J connectivity index is 2.17. The van der Waals surface area contributed by atoms with Crippen molar-refractivity contribution in [3.05, 3.63) is 53.6 Å². The van der Waals surface area contributed by atoms with Crippen molar-refractivity contribution in [3.8, 4) is 17.0 Å². The smallest absolute Gasteiger partial charge is 0.307 e. The molecule has 1 atom stereocenters. The molecule has 0 aliphatic heterocycles. The molecule has 2 aromatic carbocycles. The van der Waals surface area contributed by atoms with Gasteiger partial charge in [0.1, 0.15) is 5.75 Å². The molecule has 0 aliphatic carbocycles. The van der Waals surface area contributed by atoms with Gasteiger partial charge in [0.2, 0.25) is 0 Å². The SMILES string of the molecule is CCOc1cccc(-c2[nH]c3ccc(C(C)CC)cc3c2CC(=O)O)c1. The third kappa shape index (κ3) is 3.59. The largest absolute Gasteiger partial charge is 0.494 e. The molecule has 4 heteroatoms. The van der Waals surface area contributed by atoms with E-state index in [0.29, 0.717) is 12.5 Å². The van der Waals surface area contributed by atoms with Gasteiger partial charge >= 0.3 is 5.97 Å². The number of hydrogen-bond acceptors (Lipinski definition) is 2. The molecule has 0 radical (unpaired) electrons. The first-order chi connectivity index (χ1) is 12.5. The van der Waals surface area contributed by atoms with Gasteiger partial charge < -0.3 is 14.8 Å². The van der Waals surface area contributed by atoms with E-state index in [0.717, 1.165) is 39.9 Å². The van der Waals surface area contributed by atoms with E-state index in [1.165, 1.54) is 5.56 Å². The number of aliphatic carboxylic acids is 1. The van der Waals surface area contributed by atoms with Gasteiger partial charge in [-0.2, -0.15) is 0 Å². The maximum atomic E-state index is 11.5. The molecule has 136 valence electrons. The Morgan fingerprint density at radius 2 is 2.00 bits per heavy atom. The van der Waals surface area contributed by atoms with Crippen LogP contribution < -0.4 is 4.74 Å². The second-order valence-corrected chi connectivity index (χ2v) is 6.62. The molecule has 0 saturated carbocycles. The lowest BCUT2D eigenvalue weighted by atomic mass is 9.95. The summed E-state index contributed by atoms with van der Waals surface area (Å²) in [6.07, 6.45) is 1.03. The van der Waals surface area contributed by atoms with Gasteiger partial charge in [-0.15, -0.1) is 0 Å². The number of carboxylic acid groups (broad SMARTS) is 1. The number of nitrogens with one attached hydrogen (secondary N) is 1. The summed E-state index contributed by atoms with van der Waals surface area (Å²) in [4.78, 5) is 14.9. The van der Waals surface area contributed by atoms with Crippen molar-refractivity contribution in [1.82, 2.24) is 4.98 Å². The van der Waals surface area contributed by atoms with Crippen LogP contribution in [0.15, 0.2) is 42.5 Å². The van der Waals surface area contributed by atoms with E-state index in [1.54, 1.807) is 0 Å². The fourth-order valence-electron chi connectivity index (χ4n) is 3.30. The van der Waals surface area contributed by atoms with Gasteiger partial charge in [0.25, 0.3) is 0 Å². The second-order valence-electron chi connectivity index (χ2n) is 6.62. The summed E-state index contributed by atoms with van der Waals surface area (Å²) in [6.45, 7) is 6.89. The van der Waals surface area contributed by atoms with E-state index in [2.05, 4.69) is 37.0 Å². The first-order valence-electron chi connectivity index (χ1n) is 9.13. The predicted molar refractivity (Wildman–Crippen MR) is 105 cm³/mol. The minimum Gasteiger partial charge on any atom is -0.494 e. The number of aromatic amines is 1. The summed E-state index contributed by atoms with van der Waals surface area (Å²) in [5, 5.41) is 10.4. The zero-order chi connectivity index (χ0) is 18.7. The van der Waals surface area contributed by atoms with Gasteiger partial charge in [0, 0.05) is 16.5 Å². The molecule has 4 nitrogen and oxygen atoms in total. The van der Waals surface area contributed by atoms with E-state index < -0.39 is 5.97 Å². The lowest BCUT2D eigenvalue weighted by molar-refractivity contribution is -0.136. The highest BCUT2D eigenvalue weighted by Crippen LogP contribution is 2.34. The molecule has 0 aliphatic rings. The Morgan fingerprint density at radius 1 is 1.19 bits per heavy atom. The maximum absolute atomic E-state index is 11.5. The van der Waals surface area contributed by atoms with Crippen molar-refractivity contribution in [3.63, 3.8) is 0 Å². The predicted octanol–water partition coefficient (Wildman–Crippen LogP) is 5.37. The molecule has 1 aromatic heterocycles. The standard InChI is InChI=1S/C22H25NO3/c1-4-14(3)15-9-10-20-18(12-15)19(13-21(24)25)22(23-20)16-7-6-8-17(11-16)26-5-2/h6-12,14,23H,4-5,13H2,1-3H3,(H,24,25). The minimum atomic E-state index is -0.831. The molecule has 3 aromatic rings. The zero-order valence-electron chi connectivity index (χ0n) is 15.5. The number of carboxylic acids is 1. The fraction of sp³-hybridized carbons (Fsp3) is 0.318. The normalized spacial score (nSPS) is 12.3. The summed E-state index contributed by atoms with van der Waals surface area (Å²) < 4.78 is 5.60. The number of hydrogen-bond donors (Lipinski definition) is 2. The minimum absolute atomic E-state index is 0.0157. The van der Waals surface area contributed by atoms with Crippen LogP contribution in [0.2, 0.25) is 0 Å². The van der Waals surface area contributed by atoms with Crippen molar-refractivity contribution < 1.29 is 14.6 Å². The molecular formula is C22H25NO3. The third-order valence-corrected chi connectivity index (χ3v) is 4.87. The number of rotatable bonds is 7. The number of carbonyl (C=O) groups is 1. The lowest BCUT2D eigenvalue weighted by Crippen LogP contribution is -2.01. The first-order valence-corrected chi connectivity index (χ1v) is 9.13. The molecule has 0 fully saturated rings. The quantitative estimate of drug-likeness (QED) is 0.601. The van der Waals surface area contributed by atoms with Crippen LogP contribution >= 0.6 is 0 Å². The fourth-order valence-corrected chi connectivity index (χ4v) is 3.30. The van der Waals surface area contributed by atoms with E-state index in [4.69, 9.17) is 4.74 Å². The van der Waals surface area contributed by atoms with Crippen molar-refractivity contribution in [2.75, 3.05) is 6.61 Å². The van der Waals surface area contributed by atoms with Crippen LogP contribution in [0.4, 0.5) is 0 Å². The molecule has 3 rings (SSSR count). The second kappa shape index (κ2) is 7.65. The molecule has 2 N–H and O–H groups in total. The van der Waals surface area contributed by atoms with Crippen LogP contribution in [0.3, 0.4) is 0 Å². The molecule has 1 unspecified atom stereocenters. The first kappa shape index (κ1) is 18.1. The third-order valence-electron chi connectivity index (χ3n) is 4.87. The zero-order valence-corrected chi connectivity index (χ0v) is 15.5. The topological polar surface area (TPSA) is 62.3 Å². The van der Waals surface area contributed by atoms with Crippen LogP contribution in [0.1, 0.15) is 44.2 Å². The number of aromatic nitrogens is 1. The van der Waals surface area contributed by atoms with Crippen LogP contribution in [0, 0.1) is 0 Å². The Labute approximate surface area is 153 Å². The van der Waals surface area contributed by atoms with Crippen molar-refractivity contribution in [2.24, 2.45) is 0 Å². The molecule has 0 spiro atoms. The number of benzene rings is 2. The average Bonchev–Trinajstić information content (AvgIpc) is 2.99. The van der Waals surface area contributed by atoms with Gasteiger partial charge in [-0.25, -0.2) is 0 Å². The Bertz CT molecular complexity index is 926. The van der Waals surface area contributed by atoms with Crippen molar-refractivity contribution in [2.45, 2.75) is 39.5 Å². The average molecular weight is 351 g/mol. The molecule has 0 saturated heterocycles. The van der Waals surface area contributed by atoms with E-state index in [1.807, 2.05) is 31.2 Å². The monoisotopic (exact) mass is 351 g/mol. The van der Waals surface area contributed by atoms with Crippen LogP contribution in [0.25, 0.3) is 22.2 Å². The van der Waals surface area contributed by atoms with Gasteiger partial charge in [0.05, 0.1) is 18.7 Å². The van der Waals surface area contributed by atoms with Crippen molar-refractivity contribution >= 4 is 16.9 Å². The summed E-state index contributed by atoms with van der Waals surface area (Å²) in [7, 11) is 0. The highest BCUT2D eigenvalue weighted by atomic mass is 16.5. The molecule has 26 heavy (non-hydrogen) atoms. The van der Waals surface area contributed by atoms with Crippen molar-refractivity contribution in [1.29, 1.82) is 0 Å². The van der Waals surface area contributed by atoms with Crippen LogP contribution in [-0.4, -0.2) is 22.7 Å². The summed E-state index contributed by atoms with van der Waals surface area (Å²) >= 11 is 0. The Morgan fingerprint density at radius 3 is 2.69 bits per heavy atom. The van der Waals surface area contributed by atoms with Gasteiger partial charge in [-0.3, -0.25) is 4.79 Å². The molecule has 0 bridgehead atoms. The number of ether oxygens (including phenoxy) is 1. The highest BCUT2D eigenvalue weighted by molar-refractivity contribution is 5.94. The van der Waals surface area contributed by atoms with Crippen LogP contribution in [-0.2, 0) is 11.2 Å². The summed E-state index contributed by atoms with van der Waals surface area (Å²) in [6, 6.07) is 14.1. The van der Waals surface area contributed by atoms with E-state index >= 15 is 0 Å². The lowest BCUT2D eigenvalue weighted by Gasteiger charge is -2.09. The van der Waals surface area contributed by atoms with Gasteiger partial charge in [-0.1, -0.05) is 32.0 Å². The number of H-pyrrole nitrogens is 1. The molecular weight excluding hydrogens is 326 g/mol. The maximum Gasteiger partial charge on any atom is 0.307 e. The summed E-state index contributed by atoms with van der Waals surface area (Å²) in [5.74, 6) is 0.393. The highest BCUT2D eigenvalue weighted by Gasteiger charge is 2.17. The Hall–Kier alpha value is -2.75. The van der Waals surface area contributed by atoms with E-state index in [9.17, 15) is 9.90 Å². The van der Waals surface area contributed by atoms with Gasteiger partial charge in [0.15, 0.2) is 0 Å². The van der Waals surface area contributed by atoms with Gasteiger partial charge in [-0.05, 0) is 54.7 Å². The van der Waals surface area contributed by atoms with E-state index in [-0.39, 0.29) is 6.42 Å². The molecule has 1 heterocycles. The number of fused-ring (bicyclic) bond motifs is 1. The van der Waals surface area contributed by atoms with Crippen LogP contribution in [0.5, 0.6) is 5.75 Å². The molecule has 0 amide bonds. The summed E-state index contributed by atoms with van der Waals surface area (Å²) in [5.41, 5.74) is 4.82.